The highest BCUT2D eigenvalue weighted by Gasteiger charge is 2.12. The predicted molar refractivity (Wildman–Crippen MR) is 77.3 cm³/mol. The fourth-order valence-electron chi connectivity index (χ4n) is 1.71. The molecular weight excluding hydrogens is 254 g/mol. The van der Waals surface area contributed by atoms with Crippen LogP contribution in [0, 0.1) is 6.92 Å². The van der Waals surface area contributed by atoms with Crippen LogP contribution >= 0.6 is 0 Å². The van der Waals surface area contributed by atoms with Gasteiger partial charge in [0.1, 0.15) is 0 Å². The van der Waals surface area contributed by atoms with Crippen LogP contribution in [0.5, 0.6) is 0 Å². The third-order valence-corrected chi connectivity index (χ3v) is 2.93. The lowest BCUT2D eigenvalue weighted by Gasteiger charge is -2.07. The van der Waals surface area contributed by atoms with E-state index in [0.717, 1.165) is 24.2 Å². The van der Waals surface area contributed by atoms with E-state index in [1.165, 1.54) is 0 Å². The van der Waals surface area contributed by atoms with Crippen molar-refractivity contribution in [2.45, 2.75) is 39.8 Å². The second-order valence-corrected chi connectivity index (χ2v) is 4.78. The van der Waals surface area contributed by atoms with Crippen molar-refractivity contribution in [1.82, 2.24) is 20.5 Å². The average molecular weight is 275 g/mol. The minimum Gasteiger partial charge on any atom is -0.406 e. The van der Waals surface area contributed by atoms with Gasteiger partial charge in [0.25, 0.3) is 0 Å². The van der Waals surface area contributed by atoms with Gasteiger partial charge in [0.05, 0.1) is 6.04 Å². The van der Waals surface area contributed by atoms with Gasteiger partial charge in [-0.3, -0.25) is 4.98 Å². The van der Waals surface area contributed by atoms with Crippen molar-refractivity contribution in [2.75, 3.05) is 11.9 Å². The Labute approximate surface area is 119 Å². The number of nitrogens with one attached hydrogen (secondary N) is 2. The first-order valence-corrected chi connectivity index (χ1v) is 6.91. The number of hydrogen-bond donors (Lipinski definition) is 2. The van der Waals surface area contributed by atoms with Gasteiger partial charge in [-0.15, -0.1) is 5.10 Å². The van der Waals surface area contributed by atoms with E-state index in [4.69, 9.17) is 4.42 Å². The van der Waals surface area contributed by atoms with Gasteiger partial charge in [0, 0.05) is 18.4 Å². The van der Waals surface area contributed by atoms with E-state index in [0.29, 0.717) is 18.5 Å². The van der Waals surface area contributed by atoms with Crippen molar-refractivity contribution in [1.29, 1.82) is 0 Å². The van der Waals surface area contributed by atoms with Gasteiger partial charge in [0.2, 0.25) is 5.89 Å². The molecule has 0 amide bonds. The number of hydrogen-bond acceptors (Lipinski definition) is 6. The Kier molecular flexibility index (Phi) is 5.06. The molecule has 0 aliphatic carbocycles. The molecule has 0 fully saturated rings. The van der Waals surface area contributed by atoms with Gasteiger partial charge in [-0.25, -0.2) is 0 Å². The number of aryl methyl sites for hydroxylation is 1. The first-order valence-electron chi connectivity index (χ1n) is 6.91. The molecule has 108 valence electrons. The van der Waals surface area contributed by atoms with Gasteiger partial charge in [-0.1, -0.05) is 18.1 Å². The summed E-state index contributed by atoms with van der Waals surface area (Å²) in [5, 5.41) is 14.4. The van der Waals surface area contributed by atoms with Crippen molar-refractivity contribution in [3.05, 3.63) is 35.5 Å². The van der Waals surface area contributed by atoms with Crippen LogP contribution in [0.25, 0.3) is 0 Å². The molecule has 6 heteroatoms. The molecule has 2 aromatic heterocycles. The van der Waals surface area contributed by atoms with E-state index in [9.17, 15) is 0 Å². The molecule has 0 aliphatic rings. The molecule has 0 bridgehead atoms. The summed E-state index contributed by atoms with van der Waals surface area (Å²) in [6.45, 7) is 7.65. The molecule has 0 saturated carbocycles. The molecule has 1 atom stereocenters. The molecule has 1 unspecified atom stereocenters. The van der Waals surface area contributed by atoms with E-state index in [1.54, 1.807) is 0 Å². The minimum atomic E-state index is 0.0686. The third kappa shape index (κ3) is 4.03. The third-order valence-electron chi connectivity index (χ3n) is 2.93. The first-order chi connectivity index (χ1) is 9.69. The number of aromatic nitrogens is 3. The lowest BCUT2D eigenvalue weighted by atomic mass is 10.2. The standard InChI is InChI=1S/C14H21N5O/c1-4-7-15-11(3)13-18-19-14(20-13)17-9-12-6-5-10(2)16-8-12/h5-6,8,11,15H,4,7,9H2,1-3H3,(H,17,19). The van der Waals surface area contributed by atoms with Gasteiger partial charge in [-0.05, 0) is 38.4 Å². The summed E-state index contributed by atoms with van der Waals surface area (Å²) in [6, 6.07) is 4.51. The SMILES string of the molecule is CCCNC(C)c1nnc(NCc2ccc(C)nc2)o1. The largest absolute Gasteiger partial charge is 0.406 e. The van der Waals surface area contributed by atoms with Crippen molar-refractivity contribution in [3.8, 4) is 0 Å². The van der Waals surface area contributed by atoms with Crippen molar-refractivity contribution in [2.24, 2.45) is 0 Å². The lowest BCUT2D eigenvalue weighted by molar-refractivity contribution is 0.423. The average Bonchev–Trinajstić information content (AvgIpc) is 2.93. The molecular formula is C14H21N5O. The van der Waals surface area contributed by atoms with Crippen molar-refractivity contribution >= 4 is 6.01 Å². The molecule has 0 saturated heterocycles. The lowest BCUT2D eigenvalue weighted by Crippen LogP contribution is -2.19. The number of pyridine rings is 1. The van der Waals surface area contributed by atoms with E-state index in [-0.39, 0.29) is 6.04 Å². The van der Waals surface area contributed by atoms with Gasteiger partial charge in [-0.2, -0.15) is 0 Å². The second kappa shape index (κ2) is 7.00. The summed E-state index contributed by atoms with van der Waals surface area (Å²) in [7, 11) is 0. The zero-order valence-electron chi connectivity index (χ0n) is 12.2. The summed E-state index contributed by atoms with van der Waals surface area (Å²) < 4.78 is 5.57. The summed E-state index contributed by atoms with van der Waals surface area (Å²) >= 11 is 0. The van der Waals surface area contributed by atoms with Crippen molar-refractivity contribution in [3.63, 3.8) is 0 Å². The van der Waals surface area contributed by atoms with Crippen LogP contribution in [0.3, 0.4) is 0 Å². The number of anilines is 1. The van der Waals surface area contributed by atoms with E-state index < -0.39 is 0 Å². The molecule has 2 aromatic rings. The zero-order chi connectivity index (χ0) is 14.4. The molecule has 0 radical (unpaired) electrons. The Bertz CT molecular complexity index is 523. The molecule has 2 rings (SSSR count). The maximum Gasteiger partial charge on any atom is 0.315 e. The van der Waals surface area contributed by atoms with Crippen LogP contribution in [0.1, 0.15) is 43.5 Å². The van der Waals surface area contributed by atoms with Crippen LogP contribution in [0.2, 0.25) is 0 Å². The Morgan fingerprint density at radius 2 is 2.15 bits per heavy atom. The van der Waals surface area contributed by atoms with Crippen LogP contribution in [-0.2, 0) is 6.54 Å². The molecule has 2 heterocycles. The Hall–Kier alpha value is -1.95. The molecule has 2 N–H and O–H groups in total. The zero-order valence-corrected chi connectivity index (χ0v) is 12.2. The highest BCUT2D eigenvalue weighted by molar-refractivity contribution is 5.22. The summed E-state index contributed by atoms with van der Waals surface area (Å²) in [5.74, 6) is 0.600. The summed E-state index contributed by atoms with van der Waals surface area (Å²) in [4.78, 5) is 4.24. The van der Waals surface area contributed by atoms with Crippen molar-refractivity contribution < 1.29 is 4.42 Å². The molecule has 6 nitrogen and oxygen atoms in total. The quantitative estimate of drug-likeness (QED) is 0.808. The topological polar surface area (TPSA) is 75.9 Å². The number of nitrogens with zero attached hydrogens (tertiary/aromatic N) is 3. The van der Waals surface area contributed by atoms with E-state index >= 15 is 0 Å². The molecule has 0 aliphatic heterocycles. The monoisotopic (exact) mass is 275 g/mol. The van der Waals surface area contributed by atoms with Gasteiger partial charge < -0.3 is 15.1 Å². The maximum absolute atomic E-state index is 5.57. The second-order valence-electron chi connectivity index (χ2n) is 4.78. The van der Waals surface area contributed by atoms with Crippen LogP contribution in [0.4, 0.5) is 6.01 Å². The maximum atomic E-state index is 5.57. The highest BCUT2D eigenvalue weighted by atomic mass is 16.4. The molecule has 0 aromatic carbocycles. The predicted octanol–water partition coefficient (Wildman–Crippen LogP) is 2.45. The fourth-order valence-corrected chi connectivity index (χ4v) is 1.71. The smallest absolute Gasteiger partial charge is 0.315 e. The highest BCUT2D eigenvalue weighted by Crippen LogP contribution is 2.14. The van der Waals surface area contributed by atoms with Gasteiger partial charge in [0.15, 0.2) is 0 Å². The minimum absolute atomic E-state index is 0.0686. The normalized spacial score (nSPS) is 12.3. The Morgan fingerprint density at radius 3 is 2.85 bits per heavy atom. The Balaban J connectivity index is 1.87. The van der Waals surface area contributed by atoms with Crippen LogP contribution < -0.4 is 10.6 Å². The summed E-state index contributed by atoms with van der Waals surface area (Å²) in [5.41, 5.74) is 2.08. The van der Waals surface area contributed by atoms with Gasteiger partial charge >= 0.3 is 6.01 Å². The Morgan fingerprint density at radius 1 is 1.30 bits per heavy atom. The van der Waals surface area contributed by atoms with E-state index in [2.05, 4.69) is 32.7 Å². The fraction of sp³-hybridized carbons (Fsp3) is 0.500. The number of rotatable bonds is 7. The molecule has 0 spiro atoms. The molecule has 20 heavy (non-hydrogen) atoms. The summed E-state index contributed by atoms with van der Waals surface area (Å²) in [6.07, 6.45) is 2.91. The first kappa shape index (κ1) is 14.5. The van der Waals surface area contributed by atoms with E-state index in [1.807, 2.05) is 32.2 Å². The van der Waals surface area contributed by atoms with Crippen LogP contribution in [0.15, 0.2) is 22.7 Å². The van der Waals surface area contributed by atoms with Crippen LogP contribution in [-0.4, -0.2) is 21.7 Å².